The fraction of sp³-hybridized carbons (Fsp3) is 0.333. The van der Waals surface area contributed by atoms with Crippen LogP contribution in [-0.2, 0) is 12.2 Å². The lowest BCUT2D eigenvalue weighted by molar-refractivity contribution is -0.274. The maximum atomic E-state index is 14.7. The van der Waals surface area contributed by atoms with E-state index in [1.165, 1.54) is 0 Å². The number of benzene rings is 2. The molecule has 0 saturated heterocycles. The molecule has 2 aromatic rings. The van der Waals surface area contributed by atoms with Crippen LogP contribution in [0.15, 0.2) is 42.5 Å². The number of rotatable bonds is 5. The molecule has 2 aromatic carbocycles. The van der Waals surface area contributed by atoms with Crippen LogP contribution in [0.2, 0.25) is 0 Å². The summed E-state index contributed by atoms with van der Waals surface area (Å²) < 4.78 is 61.5. The molecule has 3 rings (SSSR count). The molecule has 1 aliphatic rings. The Balaban J connectivity index is 1.92. The zero-order chi connectivity index (χ0) is 18.1. The first-order valence-corrected chi connectivity index (χ1v) is 7.76. The highest BCUT2D eigenvalue weighted by atomic mass is 19.4. The van der Waals surface area contributed by atoms with Gasteiger partial charge in [-0.15, -0.1) is 13.2 Å². The van der Waals surface area contributed by atoms with Crippen molar-refractivity contribution in [2.45, 2.75) is 37.8 Å². The van der Waals surface area contributed by atoms with Gasteiger partial charge in [-0.05, 0) is 30.9 Å². The Labute approximate surface area is 141 Å². The van der Waals surface area contributed by atoms with Gasteiger partial charge in [-0.25, -0.2) is 4.39 Å². The zero-order valence-corrected chi connectivity index (χ0v) is 13.1. The van der Waals surface area contributed by atoms with Crippen molar-refractivity contribution in [2.75, 3.05) is 0 Å². The second kappa shape index (κ2) is 6.55. The first-order valence-electron chi connectivity index (χ1n) is 7.76. The summed E-state index contributed by atoms with van der Waals surface area (Å²) in [5, 5.41) is 10.4. The molecular formula is C18H16F4O3. The normalized spacial score (nSPS) is 16.2. The Bertz CT molecular complexity index is 740. The van der Waals surface area contributed by atoms with Crippen molar-refractivity contribution in [2.24, 2.45) is 0 Å². The highest BCUT2D eigenvalue weighted by molar-refractivity contribution is 5.43. The SMILES string of the molecule is OC1(c2cc(OC(F)(F)F)cc(OCc3ccccc3)c2F)CCC1. The molecule has 1 N–H and O–H groups in total. The molecule has 25 heavy (non-hydrogen) atoms. The van der Waals surface area contributed by atoms with E-state index in [-0.39, 0.29) is 30.8 Å². The summed E-state index contributed by atoms with van der Waals surface area (Å²) in [6.45, 7) is -0.0227. The summed E-state index contributed by atoms with van der Waals surface area (Å²) in [4.78, 5) is 0. The molecule has 0 radical (unpaired) electrons. The number of alkyl halides is 3. The fourth-order valence-electron chi connectivity index (χ4n) is 2.73. The highest BCUT2D eigenvalue weighted by Crippen LogP contribution is 2.45. The lowest BCUT2D eigenvalue weighted by Gasteiger charge is -2.37. The van der Waals surface area contributed by atoms with Gasteiger partial charge in [-0.1, -0.05) is 30.3 Å². The number of halogens is 4. The predicted octanol–water partition coefficient (Wildman–Crippen LogP) is 4.67. The second-order valence-corrected chi connectivity index (χ2v) is 5.99. The molecule has 0 aromatic heterocycles. The molecule has 1 fully saturated rings. The molecule has 0 spiro atoms. The average molecular weight is 356 g/mol. The quantitative estimate of drug-likeness (QED) is 0.791. The van der Waals surface area contributed by atoms with Gasteiger partial charge in [0, 0.05) is 11.6 Å². The summed E-state index contributed by atoms with van der Waals surface area (Å²) in [6.07, 6.45) is -3.70. The van der Waals surface area contributed by atoms with Crippen molar-refractivity contribution in [3.63, 3.8) is 0 Å². The maximum Gasteiger partial charge on any atom is 0.573 e. The summed E-state index contributed by atoms with van der Waals surface area (Å²) in [5.41, 5.74) is -0.989. The van der Waals surface area contributed by atoms with E-state index in [1.807, 2.05) is 0 Å². The standard InChI is InChI=1S/C18H16F4O3/c19-16-14(17(23)7-4-8-17)9-13(25-18(20,21)22)10-15(16)24-11-12-5-2-1-3-6-12/h1-3,5-6,9-10,23H,4,7-8,11H2. The van der Waals surface area contributed by atoms with Gasteiger partial charge in [0.2, 0.25) is 0 Å². The van der Waals surface area contributed by atoms with Crippen molar-refractivity contribution in [1.82, 2.24) is 0 Å². The van der Waals surface area contributed by atoms with Gasteiger partial charge >= 0.3 is 6.36 Å². The van der Waals surface area contributed by atoms with Crippen molar-refractivity contribution in [3.8, 4) is 11.5 Å². The van der Waals surface area contributed by atoms with Crippen molar-refractivity contribution in [1.29, 1.82) is 0 Å². The second-order valence-electron chi connectivity index (χ2n) is 5.99. The van der Waals surface area contributed by atoms with Crippen LogP contribution in [0.25, 0.3) is 0 Å². The maximum absolute atomic E-state index is 14.7. The summed E-state index contributed by atoms with van der Waals surface area (Å²) >= 11 is 0. The highest BCUT2D eigenvalue weighted by Gasteiger charge is 2.41. The topological polar surface area (TPSA) is 38.7 Å². The van der Waals surface area contributed by atoms with E-state index in [2.05, 4.69) is 4.74 Å². The van der Waals surface area contributed by atoms with Gasteiger partial charge in [0.25, 0.3) is 0 Å². The number of hydrogen-bond donors (Lipinski definition) is 1. The van der Waals surface area contributed by atoms with Crippen LogP contribution >= 0.6 is 0 Å². The Kier molecular flexibility index (Phi) is 4.60. The third kappa shape index (κ3) is 4.04. The Morgan fingerprint density at radius 1 is 1.08 bits per heavy atom. The first-order chi connectivity index (χ1) is 11.8. The van der Waals surface area contributed by atoms with Gasteiger partial charge in [-0.3, -0.25) is 0 Å². The van der Waals surface area contributed by atoms with Gasteiger partial charge in [-0.2, -0.15) is 0 Å². The average Bonchev–Trinajstić information content (AvgIpc) is 2.52. The molecule has 0 aliphatic heterocycles. The number of hydrogen-bond acceptors (Lipinski definition) is 3. The van der Waals surface area contributed by atoms with E-state index in [0.29, 0.717) is 6.42 Å². The number of aliphatic hydroxyl groups is 1. The van der Waals surface area contributed by atoms with Crippen molar-refractivity contribution < 1.29 is 32.1 Å². The van der Waals surface area contributed by atoms with Crippen LogP contribution in [0.4, 0.5) is 17.6 Å². The molecule has 1 saturated carbocycles. The summed E-state index contributed by atoms with van der Waals surface area (Å²) in [5.74, 6) is -1.87. The largest absolute Gasteiger partial charge is 0.573 e. The Morgan fingerprint density at radius 3 is 2.32 bits per heavy atom. The van der Waals surface area contributed by atoms with Gasteiger partial charge in [0.15, 0.2) is 11.6 Å². The van der Waals surface area contributed by atoms with Crippen molar-refractivity contribution >= 4 is 0 Å². The van der Waals surface area contributed by atoms with Crippen LogP contribution in [0, 0.1) is 5.82 Å². The van der Waals surface area contributed by atoms with Gasteiger partial charge < -0.3 is 14.6 Å². The van der Waals surface area contributed by atoms with Crippen LogP contribution < -0.4 is 9.47 Å². The van der Waals surface area contributed by atoms with Crippen LogP contribution in [0.5, 0.6) is 11.5 Å². The van der Waals surface area contributed by atoms with E-state index < -0.39 is 23.5 Å². The third-order valence-electron chi connectivity index (χ3n) is 4.17. The molecule has 0 bridgehead atoms. The van der Waals surface area contributed by atoms with Crippen molar-refractivity contribution in [3.05, 3.63) is 59.4 Å². The van der Waals surface area contributed by atoms with E-state index in [0.717, 1.165) is 17.7 Å². The van der Waals surface area contributed by atoms with E-state index in [9.17, 15) is 22.7 Å². The van der Waals surface area contributed by atoms with E-state index in [4.69, 9.17) is 4.74 Å². The number of ether oxygens (including phenoxy) is 2. The lowest BCUT2D eigenvalue weighted by Crippen LogP contribution is -2.35. The minimum atomic E-state index is -4.92. The summed E-state index contributed by atoms with van der Waals surface area (Å²) in [6, 6.07) is 10.5. The molecular weight excluding hydrogens is 340 g/mol. The van der Waals surface area contributed by atoms with Crippen LogP contribution in [0.1, 0.15) is 30.4 Å². The summed E-state index contributed by atoms with van der Waals surface area (Å²) in [7, 11) is 0. The molecule has 0 amide bonds. The minimum absolute atomic E-state index is 0.0227. The minimum Gasteiger partial charge on any atom is -0.486 e. The van der Waals surface area contributed by atoms with Gasteiger partial charge in [0.05, 0.1) is 5.60 Å². The Hall–Kier alpha value is -2.28. The fourth-order valence-corrected chi connectivity index (χ4v) is 2.73. The molecule has 134 valence electrons. The molecule has 0 unspecified atom stereocenters. The third-order valence-corrected chi connectivity index (χ3v) is 4.17. The van der Waals surface area contributed by atoms with Gasteiger partial charge in [0.1, 0.15) is 12.4 Å². The van der Waals surface area contributed by atoms with E-state index >= 15 is 0 Å². The van der Waals surface area contributed by atoms with Crippen LogP contribution in [0.3, 0.4) is 0 Å². The molecule has 1 aliphatic carbocycles. The van der Waals surface area contributed by atoms with Crippen LogP contribution in [-0.4, -0.2) is 11.5 Å². The first kappa shape index (κ1) is 17.5. The monoisotopic (exact) mass is 356 g/mol. The zero-order valence-electron chi connectivity index (χ0n) is 13.1. The molecule has 0 atom stereocenters. The molecule has 7 heteroatoms. The molecule has 0 heterocycles. The Morgan fingerprint density at radius 2 is 1.76 bits per heavy atom. The smallest absolute Gasteiger partial charge is 0.486 e. The molecule has 3 nitrogen and oxygen atoms in total. The predicted molar refractivity (Wildman–Crippen MR) is 81.6 cm³/mol. The lowest BCUT2D eigenvalue weighted by atomic mass is 9.75. The van der Waals surface area contributed by atoms with E-state index in [1.54, 1.807) is 30.3 Å².